The zero-order valence-electron chi connectivity index (χ0n) is 21.3. The maximum atomic E-state index is 13.8. The highest BCUT2D eigenvalue weighted by Gasteiger charge is 2.63. The first-order valence-corrected chi connectivity index (χ1v) is 14.7. The average Bonchev–Trinajstić information content (AvgIpc) is 2.78. The summed E-state index contributed by atoms with van der Waals surface area (Å²) in [6.45, 7) is 12.8. The van der Waals surface area contributed by atoms with Gasteiger partial charge in [-0.1, -0.05) is 62.8 Å². The van der Waals surface area contributed by atoms with Crippen LogP contribution in [0, 0.1) is 11.3 Å². The Morgan fingerprint density at radius 2 is 1.82 bits per heavy atom. The highest BCUT2D eigenvalue weighted by atomic mass is 28.4. The van der Waals surface area contributed by atoms with Crippen molar-refractivity contribution in [2.24, 2.45) is 11.3 Å². The normalized spacial score (nSPS) is 25.3. The third-order valence-corrected chi connectivity index (χ3v) is 12.1. The molecule has 1 aromatic rings. The van der Waals surface area contributed by atoms with E-state index in [-0.39, 0.29) is 24.6 Å². The van der Waals surface area contributed by atoms with Crippen LogP contribution in [0.3, 0.4) is 0 Å². The van der Waals surface area contributed by atoms with E-state index in [1.807, 2.05) is 43.3 Å². The largest absolute Gasteiger partial charge is 0.460 e. The van der Waals surface area contributed by atoms with Gasteiger partial charge in [0.2, 0.25) is 5.91 Å². The van der Waals surface area contributed by atoms with Gasteiger partial charge < -0.3 is 13.9 Å². The number of rotatable bonds is 5. The van der Waals surface area contributed by atoms with Crippen LogP contribution in [0.4, 0.5) is 4.79 Å². The quantitative estimate of drug-likeness (QED) is 0.250. The number of carbonyl (C=O) groups is 3. The number of methoxy groups -OCH3 is 1. The number of amides is 2. The minimum absolute atomic E-state index is 0.0517. The molecule has 186 valence electrons. The van der Waals surface area contributed by atoms with Gasteiger partial charge in [-0.25, -0.2) is 9.69 Å². The fraction of sp³-hybridized carbons (Fsp3) is 0.577. The number of hydrogen-bond acceptors (Lipinski definition) is 6. The van der Waals surface area contributed by atoms with E-state index < -0.39 is 43.7 Å². The van der Waals surface area contributed by atoms with Crippen molar-refractivity contribution in [2.45, 2.75) is 71.4 Å². The fourth-order valence-electron chi connectivity index (χ4n) is 4.53. The zero-order chi connectivity index (χ0) is 25.3. The Hall–Kier alpha value is -2.45. The molecule has 1 heterocycles. The zero-order valence-corrected chi connectivity index (χ0v) is 22.3. The summed E-state index contributed by atoms with van der Waals surface area (Å²) in [5.74, 6) is -1.61. The number of carbonyl (C=O) groups excluding carboxylic acids is 3. The smallest absolute Gasteiger partial charge is 0.416 e. The van der Waals surface area contributed by atoms with Crippen LogP contribution in [-0.4, -0.2) is 50.9 Å². The Labute approximate surface area is 203 Å². The Kier molecular flexibility index (Phi) is 7.43. The lowest BCUT2D eigenvalue weighted by molar-refractivity contribution is -0.181. The third kappa shape index (κ3) is 4.84. The Morgan fingerprint density at radius 3 is 2.41 bits per heavy atom. The van der Waals surface area contributed by atoms with E-state index in [0.29, 0.717) is 6.42 Å². The van der Waals surface area contributed by atoms with E-state index in [0.717, 1.165) is 16.0 Å². The Balaban J connectivity index is 2.03. The molecule has 2 aliphatic rings. The molecule has 0 aromatic heterocycles. The molecule has 0 unspecified atom stereocenters. The molecule has 0 N–H and O–H groups in total. The number of nitrogens with zero attached hydrogens (tertiary/aromatic N) is 1. The molecule has 0 radical (unpaired) electrons. The summed E-state index contributed by atoms with van der Waals surface area (Å²) in [4.78, 5) is 41.2. The summed E-state index contributed by atoms with van der Waals surface area (Å²) >= 11 is 0. The van der Waals surface area contributed by atoms with Crippen LogP contribution in [0.15, 0.2) is 42.0 Å². The molecule has 0 bridgehead atoms. The number of ether oxygens (including phenoxy) is 2. The van der Waals surface area contributed by atoms with Gasteiger partial charge >= 0.3 is 12.1 Å². The van der Waals surface area contributed by atoms with E-state index in [2.05, 4.69) is 33.9 Å². The number of fused-ring (bicyclic) bond motifs is 1. The predicted molar refractivity (Wildman–Crippen MR) is 131 cm³/mol. The molecule has 1 fully saturated rings. The van der Waals surface area contributed by atoms with Crippen LogP contribution in [0.5, 0.6) is 0 Å². The van der Waals surface area contributed by atoms with E-state index in [1.165, 1.54) is 7.11 Å². The summed E-state index contributed by atoms with van der Waals surface area (Å²) in [7, 11) is -1.05. The van der Waals surface area contributed by atoms with Gasteiger partial charge in [0.25, 0.3) is 0 Å². The lowest BCUT2D eigenvalue weighted by atomic mass is 9.62. The second-order valence-electron chi connectivity index (χ2n) is 10.9. The first-order valence-electron chi connectivity index (χ1n) is 11.8. The average molecular weight is 488 g/mol. The van der Waals surface area contributed by atoms with Crippen LogP contribution < -0.4 is 0 Å². The van der Waals surface area contributed by atoms with Crippen molar-refractivity contribution in [3.05, 3.63) is 47.5 Å². The molecule has 8 heteroatoms. The summed E-state index contributed by atoms with van der Waals surface area (Å²) in [5, 5.41) is -0.0828. The van der Waals surface area contributed by atoms with Gasteiger partial charge in [-0.15, -0.1) is 0 Å². The molecule has 3 atom stereocenters. The van der Waals surface area contributed by atoms with Gasteiger partial charge in [0, 0.05) is 5.92 Å². The molecular formula is C26H37NO6Si. The van der Waals surface area contributed by atoms with E-state index in [1.54, 1.807) is 0 Å². The third-order valence-electron chi connectivity index (χ3n) is 7.61. The number of esters is 1. The van der Waals surface area contributed by atoms with Crippen LogP contribution in [0.2, 0.25) is 18.1 Å². The number of allylic oxidation sites excluding steroid dienone is 2. The van der Waals surface area contributed by atoms with Crippen LogP contribution in [0.1, 0.15) is 46.1 Å². The maximum Gasteiger partial charge on any atom is 0.416 e. The molecule has 1 saturated heterocycles. The van der Waals surface area contributed by atoms with Crippen molar-refractivity contribution in [3.63, 3.8) is 0 Å². The Bertz CT molecular complexity index is 967. The molecule has 0 spiro atoms. The lowest BCUT2D eigenvalue weighted by Crippen LogP contribution is -2.66. The Morgan fingerprint density at radius 1 is 1.18 bits per heavy atom. The standard InChI is InChI=1S/C26H37NO6Si/c1-18-13-14-26(23(29)32-17-19-11-9-8-10-12-19)20(15-18)21(33-34(6,7)25(2,3)4)16-27(22(26)28)24(30)31-5/h8-13,20-21H,14-17H2,1-7H3/t20-,21-,26+/m1/s1. The van der Waals surface area contributed by atoms with Gasteiger partial charge in [-0.3, -0.25) is 9.59 Å². The van der Waals surface area contributed by atoms with Crippen molar-refractivity contribution in [1.29, 1.82) is 0 Å². The molecular weight excluding hydrogens is 450 g/mol. The van der Waals surface area contributed by atoms with Gasteiger partial charge in [0.1, 0.15) is 6.61 Å². The summed E-state index contributed by atoms with van der Waals surface area (Å²) in [6.07, 6.45) is 1.32. The van der Waals surface area contributed by atoms with Gasteiger partial charge in [0.05, 0.1) is 19.8 Å². The fourth-order valence-corrected chi connectivity index (χ4v) is 5.88. The van der Waals surface area contributed by atoms with Crippen molar-refractivity contribution < 1.29 is 28.3 Å². The number of benzene rings is 1. The van der Waals surface area contributed by atoms with E-state index in [9.17, 15) is 14.4 Å². The number of likely N-dealkylation sites (tertiary alicyclic amines) is 1. The molecule has 0 saturated carbocycles. The van der Waals surface area contributed by atoms with Crippen molar-refractivity contribution in [3.8, 4) is 0 Å². The minimum Gasteiger partial charge on any atom is -0.460 e. The second kappa shape index (κ2) is 9.66. The molecule has 7 nitrogen and oxygen atoms in total. The van der Waals surface area contributed by atoms with Crippen LogP contribution in [0.25, 0.3) is 0 Å². The molecule has 1 aliphatic carbocycles. The first-order chi connectivity index (χ1) is 15.8. The van der Waals surface area contributed by atoms with E-state index >= 15 is 0 Å². The highest BCUT2D eigenvalue weighted by Crippen LogP contribution is 2.50. The summed E-state index contributed by atoms with van der Waals surface area (Å²) in [5.41, 5.74) is 0.390. The number of imide groups is 1. The maximum absolute atomic E-state index is 13.8. The van der Waals surface area contributed by atoms with E-state index in [4.69, 9.17) is 13.9 Å². The van der Waals surface area contributed by atoms with Gasteiger partial charge in [0.15, 0.2) is 13.7 Å². The van der Waals surface area contributed by atoms with Gasteiger partial charge in [-0.2, -0.15) is 0 Å². The van der Waals surface area contributed by atoms with Crippen molar-refractivity contribution in [2.75, 3.05) is 13.7 Å². The molecule has 1 aromatic carbocycles. The summed E-state index contributed by atoms with van der Waals surface area (Å²) < 4.78 is 17.4. The molecule has 3 rings (SSSR count). The van der Waals surface area contributed by atoms with Crippen molar-refractivity contribution >= 4 is 26.3 Å². The number of piperidine rings is 1. The van der Waals surface area contributed by atoms with Gasteiger partial charge in [-0.05, 0) is 43.5 Å². The predicted octanol–water partition coefficient (Wildman–Crippen LogP) is 5.07. The van der Waals surface area contributed by atoms with Crippen LogP contribution >= 0.6 is 0 Å². The van der Waals surface area contributed by atoms with Crippen molar-refractivity contribution in [1.82, 2.24) is 4.90 Å². The molecule has 1 aliphatic heterocycles. The number of hydrogen-bond donors (Lipinski definition) is 0. The molecule has 2 amide bonds. The minimum atomic E-state index is -2.29. The second-order valence-corrected chi connectivity index (χ2v) is 15.7. The van der Waals surface area contributed by atoms with Crippen LogP contribution in [-0.2, 0) is 30.1 Å². The summed E-state index contributed by atoms with van der Waals surface area (Å²) in [6, 6.07) is 9.34. The topological polar surface area (TPSA) is 82.1 Å². The lowest BCUT2D eigenvalue weighted by Gasteiger charge is -2.52. The first kappa shape index (κ1) is 26.2. The highest BCUT2D eigenvalue weighted by molar-refractivity contribution is 6.74. The SMILES string of the molecule is COC(=O)N1C[C@@H](O[Si](C)(C)C(C)(C)C)[C@H]2CC(C)=CC[C@@]2(C(=O)OCc2ccccc2)C1=O. The molecule has 34 heavy (non-hydrogen) atoms. The monoisotopic (exact) mass is 487 g/mol.